The largest absolute Gasteiger partial charge is 0.355 e. The molecule has 12 heavy (non-hydrogen) atoms. The van der Waals surface area contributed by atoms with Gasteiger partial charge in [-0.3, -0.25) is 0 Å². The van der Waals surface area contributed by atoms with Crippen molar-refractivity contribution in [3.8, 4) is 0 Å². The molecule has 0 saturated carbocycles. The molecule has 0 aromatic carbocycles. The first-order chi connectivity index (χ1) is 5.85. The van der Waals surface area contributed by atoms with Gasteiger partial charge in [-0.05, 0) is 19.1 Å². The van der Waals surface area contributed by atoms with E-state index in [0.29, 0.717) is 9.52 Å². The van der Waals surface area contributed by atoms with Gasteiger partial charge in [0.2, 0.25) is 0 Å². The molecular formula is C10H19NSi. The summed E-state index contributed by atoms with van der Waals surface area (Å²) in [4.78, 5) is 2.12. The minimum absolute atomic E-state index is 0.417. The smallest absolute Gasteiger partial charge is 0.0191 e. The number of nitrogens with zero attached hydrogens (tertiary/aromatic N) is 1. The molecule has 0 saturated heterocycles. The number of hydrogen-bond acceptors (Lipinski definition) is 1. The van der Waals surface area contributed by atoms with Gasteiger partial charge in [0, 0.05) is 28.5 Å². The molecule has 0 bridgehead atoms. The third kappa shape index (κ3) is 5.98. The van der Waals surface area contributed by atoms with E-state index in [2.05, 4.69) is 37.3 Å². The highest BCUT2D eigenvalue weighted by atomic mass is 28.2. The van der Waals surface area contributed by atoms with Gasteiger partial charge in [-0.15, -0.1) is 0 Å². The van der Waals surface area contributed by atoms with Crippen LogP contribution in [-0.2, 0) is 0 Å². The van der Waals surface area contributed by atoms with Crippen molar-refractivity contribution in [1.29, 1.82) is 0 Å². The topological polar surface area (TPSA) is 3.24 Å². The molecule has 68 valence electrons. The third-order valence-electron chi connectivity index (χ3n) is 1.25. The summed E-state index contributed by atoms with van der Waals surface area (Å²) in [6.07, 6.45) is 12.2. The Morgan fingerprint density at radius 2 is 1.42 bits per heavy atom. The second-order valence-electron chi connectivity index (χ2n) is 2.61. The predicted molar refractivity (Wildman–Crippen MR) is 60.1 cm³/mol. The van der Waals surface area contributed by atoms with Crippen LogP contribution in [0.3, 0.4) is 0 Å². The Labute approximate surface area is 78.3 Å². The SMILES string of the molecule is CCN1C=CC=CC=C1.C[SiH2]C. The summed E-state index contributed by atoms with van der Waals surface area (Å²) in [7, 11) is 0.417. The Bertz CT molecular complexity index is 155. The lowest BCUT2D eigenvalue weighted by Crippen LogP contribution is -2.06. The molecule has 0 atom stereocenters. The first kappa shape index (κ1) is 11.2. The zero-order chi connectivity index (χ0) is 9.23. The lowest BCUT2D eigenvalue weighted by Gasteiger charge is -2.09. The summed E-state index contributed by atoms with van der Waals surface area (Å²) < 4.78 is 0. The highest BCUT2D eigenvalue weighted by Crippen LogP contribution is 1.95. The molecule has 0 radical (unpaired) electrons. The van der Waals surface area contributed by atoms with Crippen molar-refractivity contribution >= 4 is 9.52 Å². The van der Waals surface area contributed by atoms with Gasteiger partial charge in [0.15, 0.2) is 0 Å². The fourth-order valence-electron chi connectivity index (χ4n) is 0.709. The predicted octanol–water partition coefficient (Wildman–Crippen LogP) is 2.16. The lowest BCUT2D eigenvalue weighted by atomic mass is 10.5. The normalized spacial score (nSPS) is 13.8. The Morgan fingerprint density at radius 1 is 1.00 bits per heavy atom. The van der Waals surface area contributed by atoms with E-state index < -0.39 is 0 Å². The molecule has 0 N–H and O–H groups in total. The molecule has 1 nitrogen and oxygen atoms in total. The summed E-state index contributed by atoms with van der Waals surface area (Å²) in [5, 5.41) is 0. The fraction of sp³-hybridized carbons (Fsp3) is 0.400. The van der Waals surface area contributed by atoms with Gasteiger partial charge < -0.3 is 4.90 Å². The first-order valence-corrected chi connectivity index (χ1v) is 7.45. The molecule has 1 heterocycles. The van der Waals surface area contributed by atoms with Crippen LogP contribution in [0.15, 0.2) is 36.7 Å². The minimum Gasteiger partial charge on any atom is -0.355 e. The quantitative estimate of drug-likeness (QED) is 0.560. The van der Waals surface area contributed by atoms with Crippen molar-refractivity contribution < 1.29 is 0 Å². The van der Waals surface area contributed by atoms with Crippen molar-refractivity contribution in [2.24, 2.45) is 0 Å². The minimum atomic E-state index is 0.417. The summed E-state index contributed by atoms with van der Waals surface area (Å²) in [5.41, 5.74) is 0. The van der Waals surface area contributed by atoms with Crippen LogP contribution in [-0.4, -0.2) is 21.0 Å². The molecule has 0 fully saturated rings. The van der Waals surface area contributed by atoms with Crippen LogP contribution in [0.25, 0.3) is 0 Å². The van der Waals surface area contributed by atoms with Crippen molar-refractivity contribution in [3.05, 3.63) is 36.7 Å². The van der Waals surface area contributed by atoms with Crippen LogP contribution in [0.1, 0.15) is 6.92 Å². The van der Waals surface area contributed by atoms with Crippen LogP contribution >= 0.6 is 0 Å². The molecule has 1 rings (SSSR count). The maximum atomic E-state index is 2.26. The van der Waals surface area contributed by atoms with Gasteiger partial charge in [-0.25, -0.2) is 0 Å². The number of allylic oxidation sites excluding steroid dienone is 4. The monoisotopic (exact) mass is 181 g/mol. The van der Waals surface area contributed by atoms with E-state index in [1.54, 1.807) is 0 Å². The molecule has 0 spiro atoms. The number of rotatable bonds is 1. The second-order valence-corrected chi connectivity index (χ2v) is 4.02. The average Bonchev–Trinajstić information content (AvgIpc) is 2.33. The van der Waals surface area contributed by atoms with Crippen LogP contribution < -0.4 is 0 Å². The summed E-state index contributed by atoms with van der Waals surface area (Å²) in [5.74, 6) is 0. The maximum absolute atomic E-state index is 2.26. The van der Waals surface area contributed by atoms with Crippen LogP contribution in [0.4, 0.5) is 0 Å². The molecule has 0 aliphatic carbocycles. The zero-order valence-electron chi connectivity index (χ0n) is 8.33. The molecule has 1 aliphatic rings. The summed E-state index contributed by atoms with van der Waals surface area (Å²) in [6, 6.07) is 0. The van der Waals surface area contributed by atoms with Crippen molar-refractivity contribution in [2.75, 3.05) is 6.54 Å². The van der Waals surface area contributed by atoms with Crippen LogP contribution in [0.5, 0.6) is 0 Å². The Hall–Kier alpha value is -0.763. The average molecular weight is 181 g/mol. The molecule has 2 heteroatoms. The summed E-state index contributed by atoms with van der Waals surface area (Å²) >= 11 is 0. The lowest BCUT2D eigenvalue weighted by molar-refractivity contribution is 0.538. The van der Waals surface area contributed by atoms with Gasteiger partial charge in [0.1, 0.15) is 0 Å². The maximum Gasteiger partial charge on any atom is 0.0191 e. The van der Waals surface area contributed by atoms with Gasteiger partial charge in [-0.1, -0.05) is 25.2 Å². The van der Waals surface area contributed by atoms with E-state index in [-0.39, 0.29) is 0 Å². The van der Waals surface area contributed by atoms with Crippen LogP contribution in [0, 0.1) is 0 Å². The zero-order valence-corrected chi connectivity index (χ0v) is 9.74. The Morgan fingerprint density at radius 3 is 1.75 bits per heavy atom. The standard InChI is InChI=1S/C8H11N.C2H8Si/c1-2-9-7-5-3-4-6-8-9;1-3-2/h3-8H,2H2,1H3;3H2,1-2H3. The van der Waals surface area contributed by atoms with Crippen molar-refractivity contribution in [1.82, 2.24) is 4.90 Å². The molecule has 0 amide bonds. The van der Waals surface area contributed by atoms with E-state index in [4.69, 9.17) is 0 Å². The van der Waals surface area contributed by atoms with E-state index in [9.17, 15) is 0 Å². The fourth-order valence-corrected chi connectivity index (χ4v) is 0.709. The molecular weight excluding hydrogens is 162 g/mol. The van der Waals surface area contributed by atoms with Crippen LogP contribution in [0.2, 0.25) is 13.1 Å². The van der Waals surface area contributed by atoms with E-state index in [1.165, 1.54) is 0 Å². The van der Waals surface area contributed by atoms with Crippen molar-refractivity contribution in [2.45, 2.75) is 20.0 Å². The van der Waals surface area contributed by atoms with E-state index in [1.807, 2.05) is 24.3 Å². The van der Waals surface area contributed by atoms with Gasteiger partial charge in [0.25, 0.3) is 0 Å². The molecule has 0 unspecified atom stereocenters. The Balaban J connectivity index is 0.000000354. The summed E-state index contributed by atoms with van der Waals surface area (Å²) in [6.45, 7) is 7.69. The van der Waals surface area contributed by atoms with E-state index >= 15 is 0 Å². The van der Waals surface area contributed by atoms with Gasteiger partial charge >= 0.3 is 0 Å². The number of hydrogen-bond donors (Lipinski definition) is 0. The van der Waals surface area contributed by atoms with Gasteiger partial charge in [0.05, 0.1) is 0 Å². The molecule has 1 aliphatic heterocycles. The van der Waals surface area contributed by atoms with E-state index in [0.717, 1.165) is 6.54 Å². The molecule has 0 aromatic rings. The first-order valence-electron chi connectivity index (χ1n) is 4.62. The van der Waals surface area contributed by atoms with Crippen molar-refractivity contribution in [3.63, 3.8) is 0 Å². The van der Waals surface area contributed by atoms with Gasteiger partial charge in [-0.2, -0.15) is 0 Å². The highest BCUT2D eigenvalue weighted by Gasteiger charge is 1.86. The highest BCUT2D eigenvalue weighted by molar-refractivity contribution is 6.31. The Kier molecular flexibility index (Phi) is 7.80. The second kappa shape index (κ2) is 8.33. The third-order valence-corrected chi connectivity index (χ3v) is 1.25. The molecule has 0 aromatic heterocycles.